The quantitative estimate of drug-likeness (QED) is 0.633. The summed E-state index contributed by atoms with van der Waals surface area (Å²) < 4.78 is 14.7. The fourth-order valence-electron chi connectivity index (χ4n) is 3.39. The highest BCUT2D eigenvalue weighted by atomic mass is 35.5. The molecule has 0 saturated carbocycles. The number of fused-ring (bicyclic) bond motifs is 1. The van der Waals surface area contributed by atoms with Crippen LogP contribution in [-0.2, 0) is 0 Å². The second kappa shape index (κ2) is 7.38. The SMILES string of the molecule is CCC(O)C1CN(c2nc(-c3n[nH]c4ncccc34)c(F)cc2Cl)CCN1. The molecule has 0 bridgehead atoms. The molecule has 7 nitrogen and oxygen atoms in total. The molecule has 2 unspecified atom stereocenters. The van der Waals surface area contributed by atoms with Gasteiger partial charge >= 0.3 is 0 Å². The number of aliphatic hydroxyl groups is 1. The third-order valence-electron chi connectivity index (χ3n) is 4.86. The van der Waals surface area contributed by atoms with Crippen molar-refractivity contribution in [1.29, 1.82) is 0 Å². The van der Waals surface area contributed by atoms with Crippen molar-refractivity contribution in [2.24, 2.45) is 0 Å². The van der Waals surface area contributed by atoms with Gasteiger partial charge in [-0.15, -0.1) is 0 Å². The van der Waals surface area contributed by atoms with E-state index < -0.39 is 11.9 Å². The van der Waals surface area contributed by atoms with Gasteiger partial charge in [0.05, 0.1) is 17.2 Å². The van der Waals surface area contributed by atoms with Crippen molar-refractivity contribution in [3.8, 4) is 11.4 Å². The normalized spacial score (nSPS) is 18.8. The predicted octanol–water partition coefficient (Wildman–Crippen LogP) is 2.36. The number of piperazine rings is 1. The Kier molecular flexibility index (Phi) is 4.94. The van der Waals surface area contributed by atoms with E-state index >= 15 is 0 Å². The number of hydrogen-bond acceptors (Lipinski definition) is 6. The highest BCUT2D eigenvalue weighted by Crippen LogP contribution is 2.33. The molecule has 1 aliphatic rings. The van der Waals surface area contributed by atoms with Crippen LogP contribution in [0.3, 0.4) is 0 Å². The van der Waals surface area contributed by atoms with Crippen molar-refractivity contribution in [3.63, 3.8) is 0 Å². The largest absolute Gasteiger partial charge is 0.391 e. The van der Waals surface area contributed by atoms with Gasteiger partial charge in [0.25, 0.3) is 0 Å². The number of nitrogens with one attached hydrogen (secondary N) is 2. The van der Waals surface area contributed by atoms with Crippen LogP contribution >= 0.6 is 11.6 Å². The molecular formula is C18H20ClFN6O. The van der Waals surface area contributed by atoms with Crippen LogP contribution in [0.1, 0.15) is 13.3 Å². The van der Waals surface area contributed by atoms with Crippen LogP contribution in [0.5, 0.6) is 0 Å². The van der Waals surface area contributed by atoms with E-state index in [0.29, 0.717) is 48.6 Å². The topological polar surface area (TPSA) is 90.0 Å². The van der Waals surface area contributed by atoms with Crippen LogP contribution in [0.15, 0.2) is 24.4 Å². The standard InChI is InChI=1S/C18H20ClFN6O/c1-2-14(27)13-9-26(7-6-21-13)18-11(19)8-12(20)16(23-18)15-10-4-3-5-22-17(10)25-24-15/h3-5,8,13-14,21,27H,2,6-7,9H2,1H3,(H,22,24,25). The molecule has 0 spiro atoms. The molecule has 0 radical (unpaired) electrons. The first-order valence-corrected chi connectivity index (χ1v) is 9.28. The summed E-state index contributed by atoms with van der Waals surface area (Å²) >= 11 is 6.31. The number of anilines is 1. The van der Waals surface area contributed by atoms with Crippen LogP contribution in [0.2, 0.25) is 5.02 Å². The van der Waals surface area contributed by atoms with Crippen molar-refractivity contribution in [2.45, 2.75) is 25.5 Å². The first-order valence-electron chi connectivity index (χ1n) is 8.90. The summed E-state index contributed by atoms with van der Waals surface area (Å²) in [7, 11) is 0. The average molecular weight is 391 g/mol. The zero-order valence-corrected chi connectivity index (χ0v) is 15.5. The van der Waals surface area contributed by atoms with Crippen LogP contribution in [0.4, 0.5) is 10.2 Å². The second-order valence-electron chi connectivity index (χ2n) is 6.58. The van der Waals surface area contributed by atoms with Crippen molar-refractivity contribution >= 4 is 28.5 Å². The van der Waals surface area contributed by atoms with Gasteiger partial charge in [-0.3, -0.25) is 5.10 Å². The van der Waals surface area contributed by atoms with Crippen molar-refractivity contribution < 1.29 is 9.50 Å². The molecule has 4 rings (SSSR count). The molecule has 1 saturated heterocycles. The summed E-state index contributed by atoms with van der Waals surface area (Å²) in [5.41, 5.74) is 1.09. The lowest BCUT2D eigenvalue weighted by atomic mass is 10.1. The first kappa shape index (κ1) is 18.1. The van der Waals surface area contributed by atoms with Crippen LogP contribution in [-0.4, -0.2) is 57.1 Å². The van der Waals surface area contributed by atoms with Crippen LogP contribution in [0.25, 0.3) is 22.4 Å². The van der Waals surface area contributed by atoms with E-state index in [-0.39, 0.29) is 16.8 Å². The number of hydrogen-bond donors (Lipinski definition) is 3. The third-order valence-corrected chi connectivity index (χ3v) is 5.14. The summed E-state index contributed by atoms with van der Waals surface area (Å²) in [5, 5.41) is 21.4. The number of nitrogens with zero attached hydrogens (tertiary/aromatic N) is 4. The zero-order chi connectivity index (χ0) is 19.0. The lowest BCUT2D eigenvalue weighted by molar-refractivity contribution is 0.120. The van der Waals surface area contributed by atoms with Gasteiger partial charge in [-0.2, -0.15) is 5.10 Å². The summed E-state index contributed by atoms with van der Waals surface area (Å²) in [6.07, 6.45) is 1.82. The van der Waals surface area contributed by atoms with E-state index in [9.17, 15) is 9.50 Å². The summed E-state index contributed by atoms with van der Waals surface area (Å²) in [6, 6.07) is 4.76. The van der Waals surface area contributed by atoms with Crippen LogP contribution < -0.4 is 10.2 Å². The Balaban J connectivity index is 1.74. The Morgan fingerprint density at radius 1 is 1.44 bits per heavy atom. The van der Waals surface area contributed by atoms with Gasteiger partial charge in [0.1, 0.15) is 17.2 Å². The minimum absolute atomic E-state index is 0.0921. The van der Waals surface area contributed by atoms with E-state index in [0.717, 1.165) is 0 Å². The van der Waals surface area contributed by atoms with E-state index in [1.54, 1.807) is 12.3 Å². The van der Waals surface area contributed by atoms with Gasteiger partial charge in [-0.25, -0.2) is 14.4 Å². The lowest BCUT2D eigenvalue weighted by Gasteiger charge is -2.37. The summed E-state index contributed by atoms with van der Waals surface area (Å²) in [5.74, 6) is -0.0517. The maximum atomic E-state index is 14.7. The van der Waals surface area contributed by atoms with E-state index in [2.05, 4.69) is 25.5 Å². The van der Waals surface area contributed by atoms with Crippen molar-refractivity contribution in [1.82, 2.24) is 25.5 Å². The Morgan fingerprint density at radius 3 is 3.11 bits per heavy atom. The molecule has 9 heteroatoms. The molecule has 4 heterocycles. The van der Waals surface area contributed by atoms with Gasteiger partial charge in [0, 0.05) is 31.2 Å². The molecule has 0 amide bonds. The molecule has 27 heavy (non-hydrogen) atoms. The minimum atomic E-state index is -0.540. The fraction of sp³-hybridized carbons (Fsp3) is 0.389. The molecule has 3 aromatic heterocycles. The number of aromatic amines is 1. The number of H-pyrrole nitrogens is 1. The molecule has 0 aliphatic carbocycles. The molecule has 2 atom stereocenters. The number of pyridine rings is 2. The maximum absolute atomic E-state index is 14.7. The summed E-state index contributed by atoms with van der Waals surface area (Å²) in [4.78, 5) is 10.7. The molecular weight excluding hydrogens is 371 g/mol. The van der Waals surface area contributed by atoms with Gasteiger partial charge < -0.3 is 15.3 Å². The fourth-order valence-corrected chi connectivity index (χ4v) is 3.65. The van der Waals surface area contributed by atoms with Gasteiger partial charge in [0.2, 0.25) is 0 Å². The smallest absolute Gasteiger partial charge is 0.155 e. The number of halogens is 2. The highest BCUT2D eigenvalue weighted by Gasteiger charge is 2.28. The Hall–Kier alpha value is -2.29. The molecule has 1 aliphatic heterocycles. The second-order valence-corrected chi connectivity index (χ2v) is 6.99. The Bertz CT molecular complexity index is 964. The Labute approximate surface area is 160 Å². The number of rotatable bonds is 4. The van der Waals surface area contributed by atoms with Gasteiger partial charge in [-0.1, -0.05) is 18.5 Å². The molecule has 3 aromatic rings. The minimum Gasteiger partial charge on any atom is -0.391 e. The predicted molar refractivity (Wildman–Crippen MR) is 102 cm³/mol. The number of aliphatic hydroxyl groups excluding tert-OH is 1. The van der Waals surface area contributed by atoms with E-state index in [4.69, 9.17) is 11.6 Å². The maximum Gasteiger partial charge on any atom is 0.155 e. The van der Waals surface area contributed by atoms with Gasteiger partial charge in [-0.05, 0) is 24.6 Å². The monoisotopic (exact) mass is 390 g/mol. The molecule has 142 valence electrons. The lowest BCUT2D eigenvalue weighted by Crippen LogP contribution is -2.55. The van der Waals surface area contributed by atoms with E-state index in [1.807, 2.05) is 17.9 Å². The third kappa shape index (κ3) is 3.36. The average Bonchev–Trinajstić information content (AvgIpc) is 3.11. The number of aromatic nitrogens is 4. The molecule has 0 aromatic carbocycles. The van der Waals surface area contributed by atoms with Crippen LogP contribution in [0, 0.1) is 5.82 Å². The summed E-state index contributed by atoms with van der Waals surface area (Å²) in [6.45, 7) is 3.81. The van der Waals surface area contributed by atoms with Gasteiger partial charge in [0.15, 0.2) is 11.5 Å². The van der Waals surface area contributed by atoms with E-state index in [1.165, 1.54) is 6.07 Å². The Morgan fingerprint density at radius 2 is 2.30 bits per heavy atom. The molecule has 3 N–H and O–H groups in total. The van der Waals surface area contributed by atoms with Crippen molar-refractivity contribution in [2.75, 3.05) is 24.5 Å². The molecule has 1 fully saturated rings. The highest BCUT2D eigenvalue weighted by molar-refractivity contribution is 6.33. The van der Waals surface area contributed by atoms with Crippen molar-refractivity contribution in [3.05, 3.63) is 35.2 Å². The first-order chi connectivity index (χ1) is 13.1. The zero-order valence-electron chi connectivity index (χ0n) is 14.8.